The molecule has 58 valence electrons. The van der Waals surface area contributed by atoms with Crippen LogP contribution in [0.5, 0.6) is 0 Å². The molecule has 0 saturated heterocycles. The molecule has 6 nitrogen and oxygen atoms in total. The third-order valence-electron chi connectivity index (χ3n) is 0.931. The maximum atomic E-state index is 5.03. The van der Waals surface area contributed by atoms with Crippen molar-refractivity contribution in [3.05, 3.63) is 18.2 Å². The van der Waals surface area contributed by atoms with Crippen LogP contribution in [-0.4, -0.2) is 17.2 Å². The smallest absolute Gasteiger partial charge is 0.239 e. The van der Waals surface area contributed by atoms with Crippen molar-refractivity contribution in [3.63, 3.8) is 0 Å². The SMILES string of the molecule is NC(N)=N/N=C/c1c[nH+]c[nH]1. The number of hydrogen-bond acceptors (Lipinski definition) is 2. The summed E-state index contributed by atoms with van der Waals surface area (Å²) in [5.74, 6) is -0.0585. The van der Waals surface area contributed by atoms with E-state index in [1.165, 1.54) is 6.21 Å². The van der Waals surface area contributed by atoms with Gasteiger partial charge in [0, 0.05) is 0 Å². The highest BCUT2D eigenvalue weighted by atomic mass is 15.3. The maximum Gasteiger partial charge on any atom is 0.239 e. The summed E-state index contributed by atoms with van der Waals surface area (Å²) in [6.07, 6.45) is 4.89. The van der Waals surface area contributed by atoms with Gasteiger partial charge >= 0.3 is 0 Å². The molecule has 0 amide bonds. The van der Waals surface area contributed by atoms with E-state index in [9.17, 15) is 0 Å². The maximum absolute atomic E-state index is 5.03. The van der Waals surface area contributed by atoms with Gasteiger partial charge in [-0.1, -0.05) is 0 Å². The molecular weight excluding hydrogens is 144 g/mol. The summed E-state index contributed by atoms with van der Waals surface area (Å²) in [6, 6.07) is 0. The van der Waals surface area contributed by atoms with E-state index in [0.29, 0.717) is 0 Å². The fourth-order valence-electron chi connectivity index (χ4n) is 0.530. The van der Waals surface area contributed by atoms with Crippen LogP contribution >= 0.6 is 0 Å². The highest BCUT2D eigenvalue weighted by molar-refractivity contribution is 5.79. The molecule has 1 aromatic heterocycles. The number of H-pyrrole nitrogens is 2. The van der Waals surface area contributed by atoms with Crippen molar-refractivity contribution in [3.8, 4) is 0 Å². The highest BCUT2D eigenvalue weighted by Gasteiger charge is 1.90. The molecule has 0 aliphatic carbocycles. The Morgan fingerprint density at radius 3 is 3.00 bits per heavy atom. The Hall–Kier alpha value is -1.85. The number of rotatable bonds is 2. The van der Waals surface area contributed by atoms with Crippen LogP contribution in [0.4, 0.5) is 0 Å². The van der Waals surface area contributed by atoms with Gasteiger partial charge in [0.25, 0.3) is 0 Å². The van der Waals surface area contributed by atoms with Crippen LogP contribution in [0.25, 0.3) is 0 Å². The van der Waals surface area contributed by atoms with Crippen molar-refractivity contribution in [1.29, 1.82) is 0 Å². The first-order valence-corrected chi connectivity index (χ1v) is 2.95. The largest absolute Gasteiger partial charge is 0.369 e. The Morgan fingerprint density at radius 2 is 2.45 bits per heavy atom. The lowest BCUT2D eigenvalue weighted by molar-refractivity contribution is -0.375. The Morgan fingerprint density at radius 1 is 1.64 bits per heavy atom. The average Bonchev–Trinajstić information content (AvgIpc) is 2.39. The number of imidazole rings is 1. The molecule has 0 aliphatic heterocycles. The van der Waals surface area contributed by atoms with E-state index < -0.39 is 0 Å². The first-order valence-electron chi connectivity index (χ1n) is 2.95. The molecule has 0 radical (unpaired) electrons. The fourth-order valence-corrected chi connectivity index (χ4v) is 0.530. The molecule has 0 fully saturated rings. The number of guanidine groups is 1. The quantitative estimate of drug-likeness (QED) is 0.271. The molecule has 0 aromatic carbocycles. The van der Waals surface area contributed by atoms with E-state index >= 15 is 0 Å². The van der Waals surface area contributed by atoms with Crippen molar-refractivity contribution < 1.29 is 4.98 Å². The first-order chi connectivity index (χ1) is 5.29. The number of aromatic amines is 2. The van der Waals surface area contributed by atoms with Crippen molar-refractivity contribution in [1.82, 2.24) is 4.98 Å². The number of nitrogens with two attached hydrogens (primary N) is 2. The number of aromatic nitrogens is 2. The average molecular weight is 153 g/mol. The molecule has 0 atom stereocenters. The number of nitrogens with one attached hydrogen (secondary N) is 2. The molecule has 0 saturated carbocycles. The standard InChI is InChI=1S/C5H8N6/c6-5(7)11-10-2-4-1-8-3-9-4/h1-3H,(H,8,9)(H4,6,7,11)/p+1/b10-2+. The molecule has 1 aromatic rings. The monoisotopic (exact) mass is 153 g/mol. The number of hydrogen-bond donors (Lipinski definition) is 3. The van der Waals surface area contributed by atoms with Gasteiger partial charge in [-0.25, -0.2) is 9.97 Å². The zero-order valence-corrected chi connectivity index (χ0v) is 5.78. The Kier molecular flexibility index (Phi) is 2.21. The van der Waals surface area contributed by atoms with E-state index in [4.69, 9.17) is 11.5 Å². The Balaban J connectivity index is 2.56. The van der Waals surface area contributed by atoms with E-state index in [2.05, 4.69) is 20.2 Å². The topological polar surface area (TPSA) is 107 Å². The lowest BCUT2D eigenvalue weighted by Crippen LogP contribution is -2.21. The predicted molar refractivity (Wildman–Crippen MR) is 40.8 cm³/mol. The lowest BCUT2D eigenvalue weighted by atomic mass is 10.5. The van der Waals surface area contributed by atoms with Gasteiger partial charge < -0.3 is 11.5 Å². The van der Waals surface area contributed by atoms with Crippen molar-refractivity contribution in [2.24, 2.45) is 21.7 Å². The lowest BCUT2D eigenvalue weighted by Gasteiger charge is -1.80. The molecular formula is C5H9N6+. The van der Waals surface area contributed by atoms with Crippen molar-refractivity contribution in [2.45, 2.75) is 0 Å². The molecule has 1 heterocycles. The van der Waals surface area contributed by atoms with Crippen LogP contribution in [0.2, 0.25) is 0 Å². The van der Waals surface area contributed by atoms with Gasteiger partial charge in [0.2, 0.25) is 12.3 Å². The summed E-state index contributed by atoms with van der Waals surface area (Å²) >= 11 is 0. The molecule has 0 spiro atoms. The third kappa shape index (κ3) is 2.48. The van der Waals surface area contributed by atoms with Crippen LogP contribution in [0.15, 0.2) is 22.7 Å². The molecule has 1 rings (SSSR count). The molecule has 11 heavy (non-hydrogen) atoms. The second-order valence-electron chi connectivity index (χ2n) is 1.82. The van der Waals surface area contributed by atoms with Crippen molar-refractivity contribution >= 4 is 12.2 Å². The summed E-state index contributed by atoms with van der Waals surface area (Å²) in [7, 11) is 0. The molecule has 0 aliphatic rings. The first kappa shape index (κ1) is 7.26. The van der Waals surface area contributed by atoms with E-state index in [1.54, 1.807) is 12.5 Å². The third-order valence-corrected chi connectivity index (χ3v) is 0.931. The number of nitrogens with zero attached hydrogens (tertiary/aromatic N) is 2. The Labute approximate surface area is 63.0 Å². The van der Waals surface area contributed by atoms with Gasteiger partial charge in [-0.2, -0.15) is 5.10 Å². The second-order valence-corrected chi connectivity index (χ2v) is 1.82. The second kappa shape index (κ2) is 3.35. The minimum absolute atomic E-state index is 0.0585. The van der Waals surface area contributed by atoms with Gasteiger partial charge in [0.05, 0.1) is 0 Å². The Bertz CT molecular complexity index is 255. The summed E-state index contributed by atoms with van der Waals surface area (Å²) in [5.41, 5.74) is 10.9. The minimum Gasteiger partial charge on any atom is -0.369 e. The molecule has 6 heteroatoms. The summed E-state index contributed by atoms with van der Waals surface area (Å²) in [5, 5.41) is 6.98. The van der Waals surface area contributed by atoms with Crippen LogP contribution in [0.3, 0.4) is 0 Å². The summed E-state index contributed by atoms with van der Waals surface area (Å²) in [4.78, 5) is 5.67. The van der Waals surface area contributed by atoms with E-state index in [-0.39, 0.29) is 5.96 Å². The van der Waals surface area contributed by atoms with Crippen LogP contribution in [-0.2, 0) is 0 Å². The molecule has 0 unspecified atom stereocenters. The fraction of sp³-hybridized carbons (Fsp3) is 0. The zero-order chi connectivity index (χ0) is 8.10. The molecule has 6 N–H and O–H groups in total. The van der Waals surface area contributed by atoms with Crippen LogP contribution in [0, 0.1) is 0 Å². The van der Waals surface area contributed by atoms with Gasteiger partial charge in [-0.3, -0.25) is 0 Å². The normalized spacial score (nSPS) is 10.2. The zero-order valence-electron chi connectivity index (χ0n) is 5.78. The highest BCUT2D eigenvalue weighted by Crippen LogP contribution is 1.80. The molecule has 0 bridgehead atoms. The summed E-state index contributed by atoms with van der Waals surface area (Å²) < 4.78 is 0. The summed E-state index contributed by atoms with van der Waals surface area (Å²) in [6.45, 7) is 0. The van der Waals surface area contributed by atoms with E-state index in [0.717, 1.165) is 5.69 Å². The van der Waals surface area contributed by atoms with Gasteiger partial charge in [-0.05, 0) is 0 Å². The minimum atomic E-state index is -0.0585. The predicted octanol–water partition coefficient (Wildman–Crippen LogP) is -1.56. The van der Waals surface area contributed by atoms with Crippen molar-refractivity contribution in [2.75, 3.05) is 0 Å². The van der Waals surface area contributed by atoms with Gasteiger partial charge in [0.1, 0.15) is 12.4 Å². The van der Waals surface area contributed by atoms with E-state index in [1.807, 2.05) is 0 Å². The van der Waals surface area contributed by atoms with Crippen LogP contribution < -0.4 is 16.5 Å². The van der Waals surface area contributed by atoms with Gasteiger partial charge in [-0.15, -0.1) is 5.10 Å². The van der Waals surface area contributed by atoms with Crippen LogP contribution in [0.1, 0.15) is 5.69 Å². The van der Waals surface area contributed by atoms with Gasteiger partial charge in [0.15, 0.2) is 5.69 Å².